The summed E-state index contributed by atoms with van der Waals surface area (Å²) < 4.78 is 5.69. The van der Waals surface area contributed by atoms with Crippen LogP contribution in [-0.2, 0) is 4.74 Å². The molecule has 4 heteroatoms. The maximum atomic E-state index is 5.69. The Bertz CT molecular complexity index is 196. The molecule has 2 heterocycles. The summed E-state index contributed by atoms with van der Waals surface area (Å²) in [6, 6.07) is 0.750. The second kappa shape index (κ2) is 8.30. The van der Waals surface area contributed by atoms with Crippen molar-refractivity contribution in [3.63, 3.8) is 0 Å². The Morgan fingerprint density at radius 2 is 2.00 bits per heavy atom. The SMILES string of the molecule is Cl.NCCC1CCCCN1CCC1CCCO1. The van der Waals surface area contributed by atoms with Crippen molar-refractivity contribution in [1.29, 1.82) is 0 Å². The minimum atomic E-state index is 0. The molecule has 102 valence electrons. The highest BCUT2D eigenvalue weighted by molar-refractivity contribution is 5.85. The summed E-state index contributed by atoms with van der Waals surface area (Å²) in [7, 11) is 0. The average Bonchev–Trinajstić information content (AvgIpc) is 2.81. The van der Waals surface area contributed by atoms with Crippen LogP contribution in [0.15, 0.2) is 0 Å². The summed E-state index contributed by atoms with van der Waals surface area (Å²) in [6.45, 7) is 4.31. The Morgan fingerprint density at radius 3 is 2.71 bits per heavy atom. The van der Waals surface area contributed by atoms with Gasteiger partial charge >= 0.3 is 0 Å². The van der Waals surface area contributed by atoms with E-state index < -0.39 is 0 Å². The van der Waals surface area contributed by atoms with Crippen LogP contribution in [0.4, 0.5) is 0 Å². The molecule has 0 amide bonds. The first-order chi connectivity index (χ1) is 7.90. The van der Waals surface area contributed by atoms with Crippen molar-refractivity contribution in [2.75, 3.05) is 26.2 Å². The third-order valence-electron chi connectivity index (χ3n) is 4.01. The molecule has 2 rings (SSSR count). The van der Waals surface area contributed by atoms with Crippen LogP contribution in [0.3, 0.4) is 0 Å². The van der Waals surface area contributed by atoms with Gasteiger partial charge in [0.2, 0.25) is 0 Å². The number of halogens is 1. The van der Waals surface area contributed by atoms with Crippen LogP contribution in [-0.4, -0.2) is 43.3 Å². The summed E-state index contributed by atoms with van der Waals surface area (Å²) in [5, 5.41) is 0. The lowest BCUT2D eigenvalue weighted by Crippen LogP contribution is -2.42. The van der Waals surface area contributed by atoms with E-state index in [1.807, 2.05) is 0 Å². The predicted molar refractivity (Wildman–Crippen MR) is 73.7 cm³/mol. The molecule has 0 radical (unpaired) electrons. The van der Waals surface area contributed by atoms with Crippen LogP contribution in [0.2, 0.25) is 0 Å². The molecule has 0 spiro atoms. The van der Waals surface area contributed by atoms with Crippen molar-refractivity contribution < 1.29 is 4.74 Å². The fourth-order valence-electron chi connectivity index (χ4n) is 3.06. The molecule has 0 saturated carbocycles. The predicted octanol–water partition coefficient (Wildman–Crippen LogP) is 2.18. The molecule has 2 unspecified atom stereocenters. The molecule has 2 saturated heterocycles. The lowest BCUT2D eigenvalue weighted by Gasteiger charge is -2.36. The topological polar surface area (TPSA) is 38.5 Å². The van der Waals surface area contributed by atoms with E-state index in [2.05, 4.69) is 4.90 Å². The molecule has 0 bridgehead atoms. The Hall–Kier alpha value is 0.170. The van der Waals surface area contributed by atoms with Crippen molar-refractivity contribution in [2.24, 2.45) is 5.73 Å². The Kier molecular flexibility index (Phi) is 7.44. The standard InChI is InChI=1S/C13H26N2O.ClH/c14-8-6-12-4-1-2-9-15(12)10-7-13-5-3-11-16-13;/h12-13H,1-11,14H2;1H. The highest BCUT2D eigenvalue weighted by Gasteiger charge is 2.23. The van der Waals surface area contributed by atoms with Crippen molar-refractivity contribution in [3.05, 3.63) is 0 Å². The molecule has 2 N–H and O–H groups in total. The second-order valence-electron chi connectivity index (χ2n) is 5.19. The van der Waals surface area contributed by atoms with Crippen molar-refractivity contribution >= 4 is 12.4 Å². The number of rotatable bonds is 5. The second-order valence-corrected chi connectivity index (χ2v) is 5.19. The van der Waals surface area contributed by atoms with Gasteiger partial charge in [-0.25, -0.2) is 0 Å². The largest absolute Gasteiger partial charge is 0.378 e. The molecule has 3 nitrogen and oxygen atoms in total. The number of piperidine rings is 1. The van der Waals surface area contributed by atoms with Gasteiger partial charge in [-0.05, 0) is 51.6 Å². The first kappa shape index (κ1) is 15.2. The minimum absolute atomic E-state index is 0. The van der Waals surface area contributed by atoms with E-state index in [0.717, 1.165) is 19.2 Å². The number of ether oxygens (including phenoxy) is 1. The van der Waals surface area contributed by atoms with Crippen LogP contribution in [0.25, 0.3) is 0 Å². The van der Waals surface area contributed by atoms with Gasteiger partial charge in [-0.1, -0.05) is 6.42 Å². The van der Waals surface area contributed by atoms with Crippen LogP contribution < -0.4 is 5.73 Å². The van der Waals surface area contributed by atoms with Crippen LogP contribution >= 0.6 is 12.4 Å². The molecular weight excluding hydrogens is 236 g/mol. The zero-order valence-corrected chi connectivity index (χ0v) is 11.6. The highest BCUT2D eigenvalue weighted by atomic mass is 35.5. The van der Waals surface area contributed by atoms with Gasteiger partial charge in [-0.15, -0.1) is 12.4 Å². The molecule has 0 aromatic heterocycles. The first-order valence-electron chi connectivity index (χ1n) is 6.96. The van der Waals surface area contributed by atoms with Crippen LogP contribution in [0.5, 0.6) is 0 Å². The third-order valence-corrected chi connectivity index (χ3v) is 4.01. The van der Waals surface area contributed by atoms with Gasteiger partial charge < -0.3 is 15.4 Å². The van der Waals surface area contributed by atoms with Gasteiger partial charge in [-0.3, -0.25) is 0 Å². The van der Waals surface area contributed by atoms with Gasteiger partial charge in [0.1, 0.15) is 0 Å². The smallest absolute Gasteiger partial charge is 0.0588 e. The van der Waals surface area contributed by atoms with E-state index in [1.54, 1.807) is 0 Å². The molecule has 2 aliphatic rings. The molecular formula is C13H27ClN2O. The quantitative estimate of drug-likeness (QED) is 0.826. The number of nitrogens with zero attached hydrogens (tertiary/aromatic N) is 1. The Balaban J connectivity index is 0.00000144. The molecule has 17 heavy (non-hydrogen) atoms. The number of hydrogen-bond acceptors (Lipinski definition) is 3. The van der Waals surface area contributed by atoms with Crippen molar-refractivity contribution in [2.45, 2.75) is 57.1 Å². The van der Waals surface area contributed by atoms with Crippen LogP contribution in [0, 0.1) is 0 Å². The maximum Gasteiger partial charge on any atom is 0.0588 e. The summed E-state index contributed by atoms with van der Waals surface area (Å²) in [6.07, 6.45) is 9.58. The zero-order chi connectivity index (χ0) is 11.2. The third kappa shape index (κ3) is 4.74. The molecule has 0 aliphatic carbocycles. The average molecular weight is 263 g/mol. The van der Waals surface area contributed by atoms with E-state index >= 15 is 0 Å². The van der Waals surface area contributed by atoms with Crippen molar-refractivity contribution in [3.8, 4) is 0 Å². The van der Waals surface area contributed by atoms with E-state index in [4.69, 9.17) is 10.5 Å². The summed E-state index contributed by atoms with van der Waals surface area (Å²) >= 11 is 0. The summed E-state index contributed by atoms with van der Waals surface area (Å²) in [5.74, 6) is 0. The molecule has 0 aromatic rings. The molecule has 0 aromatic carbocycles. The van der Waals surface area contributed by atoms with Gasteiger partial charge in [0.15, 0.2) is 0 Å². The number of likely N-dealkylation sites (tertiary alicyclic amines) is 1. The molecule has 2 aliphatic heterocycles. The highest BCUT2D eigenvalue weighted by Crippen LogP contribution is 2.22. The lowest BCUT2D eigenvalue weighted by molar-refractivity contribution is 0.0740. The van der Waals surface area contributed by atoms with E-state index in [0.29, 0.717) is 6.10 Å². The lowest BCUT2D eigenvalue weighted by atomic mass is 9.98. The first-order valence-corrected chi connectivity index (χ1v) is 6.96. The number of nitrogens with two attached hydrogens (primary N) is 1. The van der Waals surface area contributed by atoms with Gasteiger partial charge in [0, 0.05) is 19.2 Å². The summed E-state index contributed by atoms with van der Waals surface area (Å²) in [4.78, 5) is 2.65. The van der Waals surface area contributed by atoms with Gasteiger partial charge in [-0.2, -0.15) is 0 Å². The molecule has 2 fully saturated rings. The normalized spacial score (nSPS) is 30.2. The fourth-order valence-corrected chi connectivity index (χ4v) is 3.06. The minimum Gasteiger partial charge on any atom is -0.378 e. The molecule has 2 atom stereocenters. The van der Waals surface area contributed by atoms with Crippen molar-refractivity contribution in [1.82, 2.24) is 4.90 Å². The van der Waals surface area contributed by atoms with Crippen LogP contribution in [0.1, 0.15) is 44.9 Å². The van der Waals surface area contributed by atoms with Gasteiger partial charge in [0.25, 0.3) is 0 Å². The fraction of sp³-hybridized carbons (Fsp3) is 1.00. The van der Waals surface area contributed by atoms with Gasteiger partial charge in [0.05, 0.1) is 6.10 Å². The van der Waals surface area contributed by atoms with E-state index in [9.17, 15) is 0 Å². The zero-order valence-electron chi connectivity index (χ0n) is 10.8. The monoisotopic (exact) mass is 262 g/mol. The number of hydrogen-bond donors (Lipinski definition) is 1. The summed E-state index contributed by atoms with van der Waals surface area (Å²) in [5.41, 5.74) is 5.69. The Labute approximate surface area is 111 Å². The van der Waals surface area contributed by atoms with E-state index in [-0.39, 0.29) is 12.4 Å². The Morgan fingerprint density at radius 1 is 1.12 bits per heavy atom. The van der Waals surface area contributed by atoms with E-state index in [1.165, 1.54) is 58.0 Å². The maximum absolute atomic E-state index is 5.69.